The van der Waals surface area contributed by atoms with Gasteiger partial charge in [-0.1, -0.05) is 23.4 Å². The Hall–Kier alpha value is -1.02. The number of thiophene rings is 1. The lowest BCUT2D eigenvalue weighted by molar-refractivity contribution is 0.898. The molecule has 0 spiro atoms. The molecule has 0 aliphatic heterocycles. The number of thioether (sulfide) groups is 2. The van der Waals surface area contributed by atoms with Crippen molar-refractivity contribution in [2.45, 2.75) is 16.6 Å². The number of halogens is 1. The predicted octanol–water partition coefficient (Wildman–Crippen LogP) is 4.38. The minimum atomic E-state index is 0.503. The zero-order valence-corrected chi connectivity index (χ0v) is 15.0. The molecule has 0 amide bonds. The van der Waals surface area contributed by atoms with E-state index in [0.717, 1.165) is 33.0 Å². The van der Waals surface area contributed by atoms with Gasteiger partial charge < -0.3 is 5.73 Å². The predicted molar refractivity (Wildman–Crippen MR) is 97.3 cm³/mol. The molecule has 4 nitrogen and oxygen atoms in total. The fourth-order valence-electron chi connectivity index (χ4n) is 1.95. The zero-order valence-electron chi connectivity index (χ0n) is 11.7. The Morgan fingerprint density at radius 3 is 2.95 bits per heavy atom. The summed E-state index contributed by atoms with van der Waals surface area (Å²) in [6.45, 7) is 0. The zero-order chi connectivity index (χ0) is 15.5. The standard InChI is InChI=1S/C14H13ClN4S3/c1-20-11-7-10(16)18-14(19-11)22-5-3-9-6-8-2-4-21-12(8)13(15)17-9/h2,4,6-7H,3,5H2,1H3,(H2,16,18,19). The topological polar surface area (TPSA) is 64.7 Å². The number of pyridine rings is 1. The third-order valence-electron chi connectivity index (χ3n) is 2.95. The molecule has 0 aliphatic carbocycles. The van der Waals surface area contributed by atoms with Crippen molar-refractivity contribution in [3.8, 4) is 0 Å². The van der Waals surface area contributed by atoms with Crippen molar-refractivity contribution in [1.82, 2.24) is 15.0 Å². The van der Waals surface area contributed by atoms with Crippen LogP contribution in [0.25, 0.3) is 10.1 Å². The van der Waals surface area contributed by atoms with E-state index in [9.17, 15) is 0 Å². The van der Waals surface area contributed by atoms with Gasteiger partial charge in [0.15, 0.2) is 5.16 Å². The number of fused-ring (bicyclic) bond motifs is 1. The summed E-state index contributed by atoms with van der Waals surface area (Å²) in [7, 11) is 0. The monoisotopic (exact) mass is 368 g/mol. The van der Waals surface area contributed by atoms with Gasteiger partial charge in [-0.2, -0.15) is 0 Å². The minimum Gasteiger partial charge on any atom is -0.384 e. The lowest BCUT2D eigenvalue weighted by atomic mass is 10.2. The molecule has 22 heavy (non-hydrogen) atoms. The van der Waals surface area contributed by atoms with Gasteiger partial charge in [-0.05, 0) is 35.6 Å². The molecule has 0 unspecified atom stereocenters. The highest BCUT2D eigenvalue weighted by Gasteiger charge is 2.07. The van der Waals surface area contributed by atoms with Crippen LogP contribution in [0.3, 0.4) is 0 Å². The second kappa shape index (κ2) is 7.04. The van der Waals surface area contributed by atoms with Crippen molar-refractivity contribution >= 4 is 62.4 Å². The van der Waals surface area contributed by atoms with E-state index >= 15 is 0 Å². The van der Waals surface area contributed by atoms with Crippen molar-refractivity contribution < 1.29 is 0 Å². The first-order valence-electron chi connectivity index (χ1n) is 6.49. The van der Waals surface area contributed by atoms with Crippen molar-refractivity contribution in [2.24, 2.45) is 0 Å². The van der Waals surface area contributed by atoms with Crippen molar-refractivity contribution in [1.29, 1.82) is 0 Å². The third kappa shape index (κ3) is 3.65. The number of aromatic nitrogens is 3. The van der Waals surface area contributed by atoms with Crippen molar-refractivity contribution in [3.05, 3.63) is 34.4 Å². The smallest absolute Gasteiger partial charge is 0.190 e. The summed E-state index contributed by atoms with van der Waals surface area (Å²) in [6.07, 6.45) is 2.78. The van der Waals surface area contributed by atoms with E-state index in [-0.39, 0.29) is 0 Å². The maximum absolute atomic E-state index is 6.21. The molecule has 0 aromatic carbocycles. The summed E-state index contributed by atoms with van der Waals surface area (Å²) < 4.78 is 1.04. The Labute approximate surface area is 145 Å². The van der Waals surface area contributed by atoms with Gasteiger partial charge >= 0.3 is 0 Å². The summed E-state index contributed by atoms with van der Waals surface area (Å²) >= 11 is 11.0. The maximum atomic E-state index is 6.21. The average molecular weight is 369 g/mol. The molecular formula is C14H13ClN4S3. The summed E-state index contributed by atoms with van der Waals surface area (Å²) in [4.78, 5) is 13.1. The van der Waals surface area contributed by atoms with E-state index in [2.05, 4.69) is 27.1 Å². The van der Waals surface area contributed by atoms with Gasteiger partial charge in [-0.3, -0.25) is 0 Å². The van der Waals surface area contributed by atoms with Gasteiger partial charge in [0.25, 0.3) is 0 Å². The second-order valence-corrected chi connectivity index (χ2v) is 7.62. The Morgan fingerprint density at radius 2 is 2.14 bits per heavy atom. The summed E-state index contributed by atoms with van der Waals surface area (Å²) in [5.74, 6) is 1.33. The van der Waals surface area contributed by atoms with E-state index in [1.54, 1.807) is 40.9 Å². The molecule has 0 saturated heterocycles. The molecule has 8 heteroatoms. The molecule has 0 saturated carbocycles. The summed E-state index contributed by atoms with van der Waals surface area (Å²) in [6, 6.07) is 5.93. The van der Waals surface area contributed by atoms with E-state index in [1.165, 1.54) is 0 Å². The first-order valence-corrected chi connectivity index (χ1v) is 9.96. The molecule has 0 atom stereocenters. The number of rotatable bonds is 5. The fraction of sp³-hybridized carbons (Fsp3) is 0.214. The Morgan fingerprint density at radius 1 is 1.27 bits per heavy atom. The Bertz CT molecular complexity index is 806. The van der Waals surface area contributed by atoms with Crippen LogP contribution in [0.5, 0.6) is 0 Å². The largest absolute Gasteiger partial charge is 0.384 e. The van der Waals surface area contributed by atoms with E-state index in [0.29, 0.717) is 16.1 Å². The van der Waals surface area contributed by atoms with Crippen molar-refractivity contribution in [2.75, 3.05) is 17.7 Å². The molecule has 0 fully saturated rings. The van der Waals surface area contributed by atoms with Gasteiger partial charge in [0.1, 0.15) is 16.0 Å². The maximum Gasteiger partial charge on any atom is 0.190 e. The lowest BCUT2D eigenvalue weighted by Gasteiger charge is -2.04. The molecular weight excluding hydrogens is 356 g/mol. The Balaban J connectivity index is 1.68. The van der Waals surface area contributed by atoms with Gasteiger partial charge in [0, 0.05) is 17.5 Å². The number of nitrogen functional groups attached to an aromatic ring is 1. The van der Waals surface area contributed by atoms with Crippen LogP contribution in [0, 0.1) is 0 Å². The summed E-state index contributed by atoms with van der Waals surface area (Å²) in [5, 5.41) is 5.34. The highest BCUT2D eigenvalue weighted by Crippen LogP contribution is 2.28. The molecule has 3 aromatic rings. The second-order valence-electron chi connectivity index (χ2n) is 4.46. The van der Waals surface area contributed by atoms with Crippen LogP contribution in [0.2, 0.25) is 5.15 Å². The molecule has 3 heterocycles. The number of hydrogen-bond donors (Lipinski definition) is 1. The van der Waals surface area contributed by atoms with E-state index < -0.39 is 0 Å². The number of nitrogens with zero attached hydrogens (tertiary/aromatic N) is 3. The Kier molecular flexibility index (Phi) is 5.07. The summed E-state index contributed by atoms with van der Waals surface area (Å²) in [5.41, 5.74) is 6.77. The average Bonchev–Trinajstić information content (AvgIpc) is 2.95. The lowest BCUT2D eigenvalue weighted by Crippen LogP contribution is -1.98. The van der Waals surface area contributed by atoms with Crippen molar-refractivity contribution in [3.63, 3.8) is 0 Å². The first-order chi connectivity index (χ1) is 10.7. The first kappa shape index (κ1) is 15.9. The van der Waals surface area contributed by atoms with E-state index in [4.69, 9.17) is 17.3 Å². The highest BCUT2D eigenvalue weighted by molar-refractivity contribution is 7.99. The third-order valence-corrected chi connectivity index (χ3v) is 5.75. The SMILES string of the molecule is CSc1cc(N)nc(SCCc2cc3ccsc3c(Cl)n2)n1. The van der Waals surface area contributed by atoms with Gasteiger partial charge in [-0.25, -0.2) is 15.0 Å². The van der Waals surface area contributed by atoms with Gasteiger partial charge in [-0.15, -0.1) is 23.1 Å². The quantitative estimate of drug-likeness (QED) is 0.312. The van der Waals surface area contributed by atoms with Crippen LogP contribution in [-0.4, -0.2) is 27.0 Å². The van der Waals surface area contributed by atoms with Crippen LogP contribution >= 0.6 is 46.5 Å². The van der Waals surface area contributed by atoms with Crippen LogP contribution in [0.15, 0.2) is 33.8 Å². The molecule has 3 aromatic heterocycles. The van der Waals surface area contributed by atoms with Gasteiger partial charge in [0.2, 0.25) is 0 Å². The number of hydrogen-bond acceptors (Lipinski definition) is 7. The molecule has 114 valence electrons. The molecule has 3 rings (SSSR count). The molecule has 2 N–H and O–H groups in total. The molecule has 0 aliphatic rings. The van der Waals surface area contributed by atoms with Gasteiger partial charge in [0.05, 0.1) is 4.70 Å². The number of aryl methyl sites for hydroxylation is 1. The van der Waals surface area contributed by atoms with Crippen LogP contribution < -0.4 is 5.73 Å². The normalized spacial score (nSPS) is 11.2. The van der Waals surface area contributed by atoms with E-state index in [1.807, 2.05) is 11.6 Å². The number of anilines is 1. The fourth-order valence-corrected chi connectivity index (χ4v) is 4.36. The highest BCUT2D eigenvalue weighted by atomic mass is 35.5. The van der Waals surface area contributed by atoms with Crippen LogP contribution in [-0.2, 0) is 6.42 Å². The number of nitrogens with two attached hydrogens (primary N) is 1. The van der Waals surface area contributed by atoms with Crippen LogP contribution in [0.4, 0.5) is 5.82 Å². The van der Waals surface area contributed by atoms with Crippen LogP contribution in [0.1, 0.15) is 5.69 Å². The molecule has 0 radical (unpaired) electrons. The molecule has 0 bridgehead atoms. The minimum absolute atomic E-state index is 0.503.